The molecule has 206 valence electrons. The number of hydrogen-bond acceptors (Lipinski definition) is 5. The Morgan fingerprint density at radius 3 is 2.56 bits per heavy atom. The van der Waals surface area contributed by atoms with Crippen LogP contribution in [0, 0.1) is 13.8 Å². The van der Waals surface area contributed by atoms with E-state index in [1.165, 1.54) is 28.3 Å². The van der Waals surface area contributed by atoms with Crippen LogP contribution in [0.4, 0.5) is 24.5 Å². The predicted molar refractivity (Wildman–Crippen MR) is 152 cm³/mol. The average molecular weight is 575 g/mol. The van der Waals surface area contributed by atoms with Gasteiger partial charge in [0.2, 0.25) is 0 Å². The van der Waals surface area contributed by atoms with E-state index in [0.717, 1.165) is 38.8 Å². The molecule has 0 fully saturated rings. The number of hydrogen-bond donors (Lipinski definition) is 3. The van der Waals surface area contributed by atoms with Crippen molar-refractivity contribution >= 4 is 55.6 Å². The lowest BCUT2D eigenvalue weighted by atomic mass is 10.1. The summed E-state index contributed by atoms with van der Waals surface area (Å²) in [5.74, 6) is -1.07. The summed E-state index contributed by atoms with van der Waals surface area (Å²) in [7, 11) is 0. The molecule has 8 nitrogen and oxygen atoms in total. The van der Waals surface area contributed by atoms with Gasteiger partial charge in [-0.15, -0.1) is 11.3 Å². The van der Waals surface area contributed by atoms with E-state index in [4.69, 9.17) is 0 Å². The van der Waals surface area contributed by atoms with Crippen molar-refractivity contribution in [3.63, 3.8) is 0 Å². The number of alkyl halides is 3. The number of carbonyl (C=O) groups is 2. The molecule has 0 bridgehead atoms. The quantitative estimate of drug-likeness (QED) is 0.204. The van der Waals surface area contributed by atoms with Crippen molar-refractivity contribution in [2.24, 2.45) is 0 Å². The van der Waals surface area contributed by atoms with Crippen LogP contribution in [0.5, 0.6) is 0 Å². The number of aromatic amines is 1. The van der Waals surface area contributed by atoms with Crippen molar-refractivity contribution in [2.75, 3.05) is 10.6 Å². The summed E-state index contributed by atoms with van der Waals surface area (Å²) in [5.41, 5.74) is 1.87. The molecule has 0 aliphatic carbocycles. The number of aromatic nitrogens is 4. The second kappa shape index (κ2) is 9.89. The third kappa shape index (κ3) is 5.16. The fourth-order valence-electron chi connectivity index (χ4n) is 4.45. The molecule has 0 atom stereocenters. The highest BCUT2D eigenvalue weighted by Crippen LogP contribution is 2.33. The number of thiophene rings is 1. The van der Waals surface area contributed by atoms with Crippen molar-refractivity contribution in [1.82, 2.24) is 19.5 Å². The molecule has 0 spiro atoms. The summed E-state index contributed by atoms with van der Waals surface area (Å²) in [5, 5.41) is 7.29. The monoisotopic (exact) mass is 574 g/mol. The molecule has 4 aromatic heterocycles. The van der Waals surface area contributed by atoms with Crippen LogP contribution in [-0.4, -0.2) is 31.3 Å². The van der Waals surface area contributed by atoms with Gasteiger partial charge < -0.3 is 20.2 Å². The smallest absolute Gasteiger partial charge is 0.346 e. The number of benzene rings is 2. The second-order valence-corrected chi connectivity index (χ2v) is 10.6. The molecule has 0 radical (unpaired) electrons. The zero-order valence-electron chi connectivity index (χ0n) is 21.6. The molecule has 3 N–H and O–H groups in total. The van der Waals surface area contributed by atoms with Crippen molar-refractivity contribution in [3.05, 3.63) is 101 Å². The molecule has 12 heteroatoms. The maximum Gasteiger partial charge on any atom is 0.416 e. The number of rotatable bonds is 5. The number of aryl methyl sites for hydroxylation is 2. The molecule has 0 unspecified atom stereocenters. The van der Waals surface area contributed by atoms with Crippen molar-refractivity contribution < 1.29 is 22.8 Å². The fraction of sp³-hybridized carbons (Fsp3) is 0.103. The lowest BCUT2D eigenvalue weighted by Crippen LogP contribution is -2.16. The van der Waals surface area contributed by atoms with Crippen LogP contribution in [-0.2, 0) is 6.18 Å². The molecular weight excluding hydrogens is 553 g/mol. The molecule has 4 heterocycles. The molecule has 0 saturated heterocycles. The van der Waals surface area contributed by atoms with Gasteiger partial charge in [0.05, 0.1) is 22.5 Å². The number of nitrogens with zero attached hydrogens (tertiary/aromatic N) is 3. The molecule has 0 aliphatic rings. The number of H-pyrrole nitrogens is 1. The van der Waals surface area contributed by atoms with E-state index in [0.29, 0.717) is 21.9 Å². The largest absolute Gasteiger partial charge is 0.416 e. The maximum absolute atomic E-state index is 13.6. The third-order valence-corrected chi connectivity index (χ3v) is 7.73. The highest BCUT2D eigenvalue weighted by molar-refractivity contribution is 7.21. The first-order chi connectivity index (χ1) is 19.5. The Kier molecular flexibility index (Phi) is 6.34. The van der Waals surface area contributed by atoms with E-state index in [1.54, 1.807) is 56.7 Å². The standard InChI is InChI=1S/C29H21F3N6O2S/c1-15-3-4-20(11-23(15)37-28(40)24-9-18-12-34-26-22(5-6-33-26)25(18)41-24)36-27(39)17-7-19(29(30,31)32)10-21(8-17)38-13-16(2)35-14-38/h3-14H,1-2H3,(H,33,34)(H,36,39)(H,37,40). The topological polar surface area (TPSA) is 105 Å². The van der Waals surface area contributed by atoms with E-state index < -0.39 is 17.6 Å². The van der Waals surface area contributed by atoms with E-state index in [9.17, 15) is 22.8 Å². The number of carbonyl (C=O) groups excluding carboxylic acids is 2. The van der Waals surface area contributed by atoms with Gasteiger partial charge >= 0.3 is 6.18 Å². The summed E-state index contributed by atoms with van der Waals surface area (Å²) < 4.78 is 43.3. The Morgan fingerprint density at radius 2 is 1.80 bits per heavy atom. The van der Waals surface area contributed by atoms with Gasteiger partial charge in [0.25, 0.3) is 11.8 Å². The van der Waals surface area contributed by atoms with Crippen LogP contribution < -0.4 is 10.6 Å². The summed E-state index contributed by atoms with van der Waals surface area (Å²) in [6, 6.07) is 11.7. The van der Waals surface area contributed by atoms with Crippen LogP contribution >= 0.6 is 11.3 Å². The molecule has 2 amide bonds. The van der Waals surface area contributed by atoms with Crippen molar-refractivity contribution in [2.45, 2.75) is 20.0 Å². The molecule has 2 aromatic carbocycles. The zero-order valence-corrected chi connectivity index (χ0v) is 22.4. The highest BCUT2D eigenvalue weighted by atomic mass is 32.1. The first-order valence-electron chi connectivity index (χ1n) is 12.4. The SMILES string of the molecule is Cc1cn(-c2cc(C(=O)Nc3ccc(C)c(NC(=O)c4cc5cnc6[nH]ccc6c5s4)c3)cc(C(F)(F)F)c2)cn1. The van der Waals surface area contributed by atoms with Gasteiger partial charge in [-0.3, -0.25) is 9.59 Å². The van der Waals surface area contributed by atoms with Crippen LogP contribution in [0.25, 0.3) is 26.8 Å². The molecule has 0 saturated carbocycles. The summed E-state index contributed by atoms with van der Waals surface area (Å²) in [6.07, 6.45) is 1.79. The van der Waals surface area contributed by atoms with Crippen molar-refractivity contribution in [3.8, 4) is 5.69 Å². The van der Waals surface area contributed by atoms with Crippen LogP contribution in [0.3, 0.4) is 0 Å². The zero-order chi connectivity index (χ0) is 28.9. The van der Waals surface area contributed by atoms with Gasteiger partial charge in [-0.2, -0.15) is 13.2 Å². The van der Waals surface area contributed by atoms with Gasteiger partial charge in [0.15, 0.2) is 0 Å². The van der Waals surface area contributed by atoms with Crippen molar-refractivity contribution in [1.29, 1.82) is 0 Å². The first-order valence-corrected chi connectivity index (χ1v) is 13.2. The van der Waals surface area contributed by atoms with Gasteiger partial charge in [-0.25, -0.2) is 9.97 Å². The summed E-state index contributed by atoms with van der Waals surface area (Å²) in [4.78, 5) is 38.2. The predicted octanol–water partition coefficient (Wildman–Crippen LogP) is 7.10. The van der Waals surface area contributed by atoms with E-state index in [2.05, 4.69) is 25.6 Å². The molecule has 6 rings (SSSR count). The van der Waals surface area contributed by atoms with Crippen LogP contribution in [0.2, 0.25) is 0 Å². The third-order valence-electron chi connectivity index (χ3n) is 6.55. The number of nitrogens with one attached hydrogen (secondary N) is 3. The summed E-state index contributed by atoms with van der Waals surface area (Å²) >= 11 is 1.34. The summed E-state index contributed by atoms with van der Waals surface area (Å²) in [6.45, 7) is 3.51. The van der Waals surface area contributed by atoms with Gasteiger partial charge in [0, 0.05) is 56.7 Å². The number of fused-ring (bicyclic) bond motifs is 3. The van der Waals surface area contributed by atoms with Gasteiger partial charge in [0.1, 0.15) is 5.65 Å². The minimum absolute atomic E-state index is 0.151. The number of amides is 2. The lowest BCUT2D eigenvalue weighted by Gasteiger charge is -2.14. The second-order valence-electron chi connectivity index (χ2n) is 9.52. The Bertz CT molecular complexity index is 1970. The number of halogens is 3. The number of imidazole rings is 1. The number of anilines is 2. The Labute approximate surface area is 234 Å². The maximum atomic E-state index is 13.6. The molecule has 41 heavy (non-hydrogen) atoms. The first kappa shape index (κ1) is 26.3. The van der Waals surface area contributed by atoms with Crippen LogP contribution in [0.15, 0.2) is 73.4 Å². The number of pyridine rings is 1. The molecular formula is C29H21F3N6O2S. The molecule has 0 aliphatic heterocycles. The minimum atomic E-state index is -4.66. The Balaban J connectivity index is 1.26. The normalized spacial score (nSPS) is 11.7. The fourth-order valence-corrected chi connectivity index (χ4v) is 5.50. The Morgan fingerprint density at radius 1 is 0.976 bits per heavy atom. The van der Waals surface area contributed by atoms with E-state index in [1.807, 2.05) is 6.07 Å². The van der Waals surface area contributed by atoms with Gasteiger partial charge in [-0.05, 0) is 61.9 Å². The average Bonchev–Trinajstić information content (AvgIpc) is 3.68. The Hall–Kier alpha value is -4.97. The minimum Gasteiger partial charge on any atom is -0.346 e. The molecule has 6 aromatic rings. The van der Waals surface area contributed by atoms with Crippen LogP contribution in [0.1, 0.15) is 36.9 Å². The van der Waals surface area contributed by atoms with E-state index >= 15 is 0 Å². The van der Waals surface area contributed by atoms with E-state index in [-0.39, 0.29) is 17.2 Å². The lowest BCUT2D eigenvalue weighted by molar-refractivity contribution is -0.137. The van der Waals surface area contributed by atoms with Gasteiger partial charge in [-0.1, -0.05) is 6.07 Å². The highest BCUT2D eigenvalue weighted by Gasteiger charge is 2.32.